The van der Waals surface area contributed by atoms with E-state index in [2.05, 4.69) is 26.3 Å². The molecule has 3 aromatic rings. The summed E-state index contributed by atoms with van der Waals surface area (Å²) in [6.07, 6.45) is 5.22. The second-order valence-electron chi connectivity index (χ2n) is 13.6. The number of benzene rings is 2. The van der Waals surface area contributed by atoms with Crippen molar-refractivity contribution in [3.63, 3.8) is 0 Å². The van der Waals surface area contributed by atoms with Crippen molar-refractivity contribution in [2.45, 2.75) is 102 Å². The van der Waals surface area contributed by atoms with Gasteiger partial charge in [0.1, 0.15) is 24.2 Å². The van der Waals surface area contributed by atoms with Gasteiger partial charge in [0.25, 0.3) is 0 Å². The minimum Gasteiger partial charge on any atom is -0.480 e. The van der Waals surface area contributed by atoms with E-state index in [1.807, 2.05) is 44.2 Å². The summed E-state index contributed by atoms with van der Waals surface area (Å²) in [5.41, 5.74) is 19.9. The predicted molar refractivity (Wildman–Crippen MR) is 201 cm³/mol. The van der Waals surface area contributed by atoms with E-state index in [1.165, 1.54) is 0 Å². The molecule has 0 fully saturated rings. The molecule has 1 aromatic heterocycles. The largest absolute Gasteiger partial charge is 0.480 e. The summed E-state index contributed by atoms with van der Waals surface area (Å²) in [6.45, 7) is 4.61. The standard InChI is InChI=1S/C38H56N8O6/c1-24(2)20-31(36(49)46-33(38(51)52)21-25-12-4-3-5-13-25)45-35(48)30(17-9-11-19-40)43-37(50)32(44-34(47)28(41)15-8-10-18-39)22-26-23-42-29-16-7-6-14-27(26)29/h3-7,12-14,16,23-24,28,30-33,42H,8-11,15,17-22,39-41H2,1-2H3,(H,43,50)(H,44,47)(H,45,48)(H,46,49)(H,51,52)/t28-,30-,31-,32-,33-/m0/s1. The number of amides is 4. The van der Waals surface area contributed by atoms with Gasteiger partial charge >= 0.3 is 5.97 Å². The number of carboxylic acid groups (broad SMARTS) is 1. The lowest BCUT2D eigenvalue weighted by molar-refractivity contribution is -0.142. The summed E-state index contributed by atoms with van der Waals surface area (Å²) in [7, 11) is 0. The van der Waals surface area contributed by atoms with Crippen LogP contribution in [0.25, 0.3) is 10.9 Å². The number of carboxylic acids is 1. The number of aromatic nitrogens is 1. The molecule has 52 heavy (non-hydrogen) atoms. The van der Waals surface area contributed by atoms with Gasteiger partial charge in [0, 0.05) is 29.9 Å². The Bertz CT molecular complexity index is 1600. The molecule has 0 aliphatic rings. The SMILES string of the molecule is CC(C)C[C@H](NC(=O)[C@H](CCCCN)NC(=O)[C@H](Cc1c[nH]c2ccccc12)NC(=O)[C@@H](N)CCCCN)C(=O)N[C@@H](Cc1ccccc1)C(=O)O. The second kappa shape index (κ2) is 21.5. The molecule has 0 saturated carbocycles. The highest BCUT2D eigenvalue weighted by Gasteiger charge is 2.32. The molecule has 14 nitrogen and oxygen atoms in total. The molecule has 0 aliphatic carbocycles. The number of unbranched alkanes of at least 4 members (excludes halogenated alkanes) is 2. The number of H-pyrrole nitrogens is 1. The van der Waals surface area contributed by atoms with Gasteiger partial charge in [-0.05, 0) is 74.7 Å². The van der Waals surface area contributed by atoms with Crippen LogP contribution in [-0.2, 0) is 36.8 Å². The first-order chi connectivity index (χ1) is 24.9. The molecule has 0 radical (unpaired) electrons. The van der Waals surface area contributed by atoms with Crippen molar-refractivity contribution in [1.29, 1.82) is 0 Å². The summed E-state index contributed by atoms with van der Waals surface area (Å²) >= 11 is 0. The number of carbonyl (C=O) groups excluding carboxylic acids is 4. The van der Waals surface area contributed by atoms with Crippen molar-refractivity contribution in [3.05, 3.63) is 71.9 Å². The van der Waals surface area contributed by atoms with Gasteiger partial charge in [-0.15, -0.1) is 0 Å². The first-order valence-corrected chi connectivity index (χ1v) is 18.1. The molecule has 0 aliphatic heterocycles. The molecule has 3 rings (SSSR count). The van der Waals surface area contributed by atoms with Crippen LogP contribution >= 0.6 is 0 Å². The van der Waals surface area contributed by atoms with E-state index in [1.54, 1.807) is 30.5 Å². The molecule has 2 aromatic carbocycles. The van der Waals surface area contributed by atoms with Crippen LogP contribution in [-0.4, -0.2) is 83.0 Å². The van der Waals surface area contributed by atoms with Gasteiger partial charge in [0.05, 0.1) is 6.04 Å². The summed E-state index contributed by atoms with van der Waals surface area (Å²) < 4.78 is 0. The number of aromatic amines is 1. The molecule has 0 saturated heterocycles. The van der Waals surface area contributed by atoms with Crippen molar-refractivity contribution >= 4 is 40.5 Å². The predicted octanol–water partition coefficient (Wildman–Crippen LogP) is 1.61. The van der Waals surface area contributed by atoms with Gasteiger partial charge in [0.15, 0.2) is 0 Å². The Morgan fingerprint density at radius 1 is 0.673 bits per heavy atom. The summed E-state index contributed by atoms with van der Waals surface area (Å²) in [4.78, 5) is 70.0. The monoisotopic (exact) mass is 720 g/mol. The fourth-order valence-corrected chi connectivity index (χ4v) is 5.98. The Morgan fingerprint density at radius 3 is 1.88 bits per heavy atom. The zero-order chi connectivity index (χ0) is 38.0. The van der Waals surface area contributed by atoms with Crippen LogP contribution in [0.3, 0.4) is 0 Å². The van der Waals surface area contributed by atoms with Crippen LogP contribution < -0.4 is 38.5 Å². The van der Waals surface area contributed by atoms with Crippen LogP contribution in [0.4, 0.5) is 0 Å². The van der Waals surface area contributed by atoms with Gasteiger partial charge < -0.3 is 48.6 Å². The molecule has 0 spiro atoms. The number of aliphatic carboxylic acids is 1. The Labute approximate surface area is 305 Å². The van der Waals surface area contributed by atoms with E-state index in [0.717, 1.165) is 22.0 Å². The number of fused-ring (bicyclic) bond motifs is 1. The second-order valence-corrected chi connectivity index (χ2v) is 13.6. The third kappa shape index (κ3) is 13.4. The van der Waals surface area contributed by atoms with Gasteiger partial charge in [-0.1, -0.05) is 68.8 Å². The number of para-hydroxylation sites is 1. The number of hydrogen-bond donors (Lipinski definition) is 9. The minimum atomic E-state index is -1.22. The Balaban J connectivity index is 1.83. The zero-order valence-corrected chi connectivity index (χ0v) is 30.2. The first-order valence-electron chi connectivity index (χ1n) is 18.1. The smallest absolute Gasteiger partial charge is 0.326 e. The van der Waals surface area contributed by atoms with Gasteiger partial charge in [-0.25, -0.2) is 4.79 Å². The molecule has 0 unspecified atom stereocenters. The van der Waals surface area contributed by atoms with E-state index in [-0.39, 0.29) is 31.6 Å². The number of rotatable bonds is 23. The van der Waals surface area contributed by atoms with Crippen LogP contribution in [0, 0.1) is 5.92 Å². The fraction of sp³-hybridized carbons (Fsp3) is 0.500. The molecule has 5 atom stereocenters. The van der Waals surface area contributed by atoms with Crippen molar-refractivity contribution in [2.75, 3.05) is 13.1 Å². The maximum atomic E-state index is 14.0. The molecule has 1 heterocycles. The number of carbonyl (C=O) groups is 5. The van der Waals surface area contributed by atoms with E-state index < -0.39 is 59.8 Å². The lowest BCUT2D eigenvalue weighted by Gasteiger charge is -2.27. The third-order valence-corrected chi connectivity index (χ3v) is 8.86. The molecule has 14 heteroatoms. The lowest BCUT2D eigenvalue weighted by Crippen LogP contribution is -2.59. The number of nitrogens with one attached hydrogen (secondary N) is 5. The van der Waals surface area contributed by atoms with E-state index in [4.69, 9.17) is 17.2 Å². The highest BCUT2D eigenvalue weighted by molar-refractivity contribution is 5.96. The normalized spacial score (nSPS) is 14.2. The molecule has 4 amide bonds. The van der Waals surface area contributed by atoms with E-state index in [0.29, 0.717) is 45.2 Å². The topological polar surface area (TPSA) is 248 Å². The Morgan fingerprint density at radius 2 is 1.23 bits per heavy atom. The van der Waals surface area contributed by atoms with Gasteiger partial charge in [0.2, 0.25) is 23.6 Å². The maximum absolute atomic E-state index is 14.0. The molecule has 12 N–H and O–H groups in total. The van der Waals surface area contributed by atoms with E-state index in [9.17, 15) is 29.1 Å². The Kier molecular flexibility index (Phi) is 17.2. The van der Waals surface area contributed by atoms with Crippen LogP contribution in [0.5, 0.6) is 0 Å². The molecular weight excluding hydrogens is 664 g/mol. The average molecular weight is 721 g/mol. The highest BCUT2D eigenvalue weighted by Crippen LogP contribution is 2.20. The average Bonchev–Trinajstić information content (AvgIpc) is 3.53. The highest BCUT2D eigenvalue weighted by atomic mass is 16.4. The lowest BCUT2D eigenvalue weighted by atomic mass is 10.00. The molecule has 0 bridgehead atoms. The van der Waals surface area contributed by atoms with E-state index >= 15 is 0 Å². The van der Waals surface area contributed by atoms with Gasteiger partial charge in [-0.3, -0.25) is 19.2 Å². The summed E-state index contributed by atoms with van der Waals surface area (Å²) in [6, 6.07) is 11.2. The molecule has 284 valence electrons. The van der Waals surface area contributed by atoms with Crippen molar-refractivity contribution in [3.8, 4) is 0 Å². The third-order valence-electron chi connectivity index (χ3n) is 8.86. The van der Waals surface area contributed by atoms with Crippen molar-refractivity contribution < 1.29 is 29.1 Å². The quantitative estimate of drug-likeness (QED) is 0.0645. The van der Waals surface area contributed by atoms with Crippen molar-refractivity contribution in [1.82, 2.24) is 26.3 Å². The Hall–Kier alpha value is -4.79. The van der Waals surface area contributed by atoms with Gasteiger partial charge in [-0.2, -0.15) is 0 Å². The summed E-state index contributed by atoms with van der Waals surface area (Å²) in [5, 5.41) is 21.8. The summed E-state index contributed by atoms with van der Waals surface area (Å²) in [5.74, 6) is -3.61. The minimum absolute atomic E-state index is 0.0384. The van der Waals surface area contributed by atoms with Crippen molar-refractivity contribution in [2.24, 2.45) is 23.1 Å². The number of nitrogens with two attached hydrogens (primary N) is 3. The van der Waals surface area contributed by atoms with Crippen LogP contribution in [0.15, 0.2) is 60.8 Å². The zero-order valence-electron chi connectivity index (χ0n) is 30.2. The fourth-order valence-electron chi connectivity index (χ4n) is 5.98. The number of hydrogen-bond acceptors (Lipinski definition) is 8. The molecular formula is C38H56N8O6. The first kappa shape index (κ1) is 41.6. The van der Waals surface area contributed by atoms with Crippen LogP contribution in [0.2, 0.25) is 0 Å². The maximum Gasteiger partial charge on any atom is 0.326 e. The van der Waals surface area contributed by atoms with Crippen LogP contribution in [0.1, 0.15) is 69.9 Å².